The lowest BCUT2D eigenvalue weighted by Crippen LogP contribution is -2.26. The SMILES string of the molecule is CCOC(=O)C(C)ON=CCNC(=O)c1ccc(-c2noc(C(F)(F)F)n2)cc1. The molecule has 0 spiro atoms. The van der Waals surface area contributed by atoms with E-state index >= 15 is 0 Å². The van der Waals surface area contributed by atoms with Crippen molar-refractivity contribution >= 4 is 18.1 Å². The Hall–Kier alpha value is -3.44. The van der Waals surface area contributed by atoms with E-state index in [0.29, 0.717) is 0 Å². The quantitative estimate of drug-likeness (QED) is 0.401. The first-order valence-corrected chi connectivity index (χ1v) is 8.36. The largest absolute Gasteiger partial charge is 0.471 e. The number of alkyl halides is 3. The van der Waals surface area contributed by atoms with E-state index in [4.69, 9.17) is 9.57 Å². The fraction of sp³-hybridized carbons (Fsp3) is 0.353. The molecule has 1 N–H and O–H groups in total. The summed E-state index contributed by atoms with van der Waals surface area (Å²) in [5, 5.41) is 9.35. The van der Waals surface area contributed by atoms with Crippen molar-refractivity contribution in [1.82, 2.24) is 15.5 Å². The van der Waals surface area contributed by atoms with Crippen LogP contribution < -0.4 is 5.32 Å². The maximum Gasteiger partial charge on any atom is 0.471 e. The van der Waals surface area contributed by atoms with Gasteiger partial charge in [-0.15, -0.1) is 0 Å². The van der Waals surface area contributed by atoms with Gasteiger partial charge in [0.25, 0.3) is 5.91 Å². The number of carbonyl (C=O) groups excluding carboxylic acids is 2. The molecule has 0 saturated heterocycles. The Labute approximate surface area is 162 Å². The lowest BCUT2D eigenvalue weighted by atomic mass is 10.1. The molecule has 9 nitrogen and oxygen atoms in total. The number of amides is 1. The molecule has 2 rings (SSSR count). The summed E-state index contributed by atoms with van der Waals surface area (Å²) in [7, 11) is 0. The van der Waals surface area contributed by atoms with Gasteiger partial charge in [-0.1, -0.05) is 22.4 Å². The second kappa shape index (κ2) is 9.66. The maximum absolute atomic E-state index is 12.5. The highest BCUT2D eigenvalue weighted by Gasteiger charge is 2.38. The van der Waals surface area contributed by atoms with E-state index in [0.717, 1.165) is 0 Å². The monoisotopic (exact) mass is 414 g/mol. The molecule has 0 aliphatic rings. The Morgan fingerprint density at radius 2 is 2.00 bits per heavy atom. The number of carbonyl (C=O) groups is 2. The summed E-state index contributed by atoms with van der Waals surface area (Å²) in [6.45, 7) is 3.38. The summed E-state index contributed by atoms with van der Waals surface area (Å²) in [4.78, 5) is 31.5. The van der Waals surface area contributed by atoms with Crippen LogP contribution in [0.5, 0.6) is 0 Å². The summed E-state index contributed by atoms with van der Waals surface area (Å²) in [5.41, 5.74) is 0.506. The van der Waals surface area contributed by atoms with Crippen LogP contribution in [0.4, 0.5) is 13.2 Å². The van der Waals surface area contributed by atoms with Gasteiger partial charge in [-0.25, -0.2) is 4.79 Å². The predicted octanol–water partition coefficient (Wildman–Crippen LogP) is 2.44. The number of benzene rings is 1. The Morgan fingerprint density at radius 3 is 2.59 bits per heavy atom. The summed E-state index contributed by atoms with van der Waals surface area (Å²) < 4.78 is 46.4. The predicted molar refractivity (Wildman–Crippen MR) is 92.7 cm³/mol. The van der Waals surface area contributed by atoms with E-state index in [2.05, 4.69) is 25.1 Å². The highest BCUT2D eigenvalue weighted by atomic mass is 19.4. The zero-order valence-electron chi connectivity index (χ0n) is 15.4. The van der Waals surface area contributed by atoms with Crippen molar-refractivity contribution in [3.63, 3.8) is 0 Å². The van der Waals surface area contributed by atoms with E-state index in [1.807, 2.05) is 0 Å². The van der Waals surface area contributed by atoms with Crippen LogP contribution >= 0.6 is 0 Å². The molecule has 0 fully saturated rings. The summed E-state index contributed by atoms with van der Waals surface area (Å²) in [6.07, 6.45) is -4.36. The van der Waals surface area contributed by atoms with Gasteiger partial charge in [-0.3, -0.25) is 4.79 Å². The molecule has 0 bridgehead atoms. The second-order valence-electron chi connectivity index (χ2n) is 5.50. The number of nitrogens with one attached hydrogen (secondary N) is 1. The first kappa shape index (κ1) is 21.9. The van der Waals surface area contributed by atoms with Crippen LogP contribution in [0.15, 0.2) is 33.9 Å². The van der Waals surface area contributed by atoms with Crippen molar-refractivity contribution in [3.05, 3.63) is 35.7 Å². The molecule has 1 aromatic carbocycles. The maximum atomic E-state index is 12.5. The minimum Gasteiger partial charge on any atom is -0.463 e. The summed E-state index contributed by atoms with van der Waals surface area (Å²) in [5.74, 6) is -2.71. The first-order valence-electron chi connectivity index (χ1n) is 8.36. The fourth-order valence-corrected chi connectivity index (χ4v) is 1.94. The average Bonchev–Trinajstić information content (AvgIpc) is 3.18. The zero-order valence-corrected chi connectivity index (χ0v) is 15.4. The Morgan fingerprint density at radius 1 is 1.31 bits per heavy atom. The van der Waals surface area contributed by atoms with E-state index < -0.39 is 30.0 Å². The molecule has 0 radical (unpaired) electrons. The molecular weight excluding hydrogens is 397 g/mol. The van der Waals surface area contributed by atoms with E-state index in [9.17, 15) is 22.8 Å². The number of halogens is 3. The Kier molecular flexibility index (Phi) is 7.28. The van der Waals surface area contributed by atoms with Crippen LogP contribution in [-0.4, -0.2) is 47.5 Å². The third-order valence-electron chi connectivity index (χ3n) is 3.34. The molecule has 156 valence electrons. The zero-order chi connectivity index (χ0) is 21.4. The number of oxime groups is 1. The van der Waals surface area contributed by atoms with Gasteiger partial charge in [0, 0.05) is 11.1 Å². The van der Waals surface area contributed by atoms with E-state index in [1.165, 1.54) is 37.4 Å². The summed E-state index contributed by atoms with van der Waals surface area (Å²) >= 11 is 0. The van der Waals surface area contributed by atoms with Crippen LogP contribution in [-0.2, 0) is 20.5 Å². The van der Waals surface area contributed by atoms with E-state index in [1.54, 1.807) is 6.92 Å². The first-order chi connectivity index (χ1) is 13.7. The number of rotatable bonds is 8. The molecule has 1 heterocycles. The molecule has 1 amide bonds. The molecular formula is C17H17F3N4O5. The molecule has 0 aliphatic carbocycles. The van der Waals surface area contributed by atoms with E-state index in [-0.39, 0.29) is 30.1 Å². The minimum atomic E-state index is -4.73. The highest BCUT2D eigenvalue weighted by molar-refractivity contribution is 5.95. The van der Waals surface area contributed by atoms with Crippen LogP contribution in [0.2, 0.25) is 0 Å². The topological polar surface area (TPSA) is 116 Å². The lowest BCUT2D eigenvalue weighted by molar-refractivity contribution is -0.159. The van der Waals surface area contributed by atoms with Crippen molar-refractivity contribution in [2.24, 2.45) is 5.16 Å². The molecule has 0 saturated carbocycles. The van der Waals surface area contributed by atoms with Gasteiger partial charge in [-0.2, -0.15) is 18.2 Å². The Bertz CT molecular complexity index is 865. The van der Waals surface area contributed by atoms with Gasteiger partial charge in [0.15, 0.2) is 0 Å². The smallest absolute Gasteiger partial charge is 0.463 e. The lowest BCUT2D eigenvalue weighted by Gasteiger charge is -2.07. The molecule has 0 aliphatic heterocycles. The van der Waals surface area contributed by atoms with Gasteiger partial charge in [-0.05, 0) is 26.0 Å². The minimum absolute atomic E-state index is 0.0237. The average molecular weight is 414 g/mol. The van der Waals surface area contributed by atoms with Crippen LogP contribution in [0, 0.1) is 0 Å². The van der Waals surface area contributed by atoms with Crippen LogP contribution in [0.1, 0.15) is 30.1 Å². The second-order valence-corrected chi connectivity index (χ2v) is 5.50. The molecule has 1 unspecified atom stereocenters. The van der Waals surface area contributed by atoms with Crippen LogP contribution in [0.25, 0.3) is 11.4 Å². The third kappa shape index (κ3) is 6.30. The summed E-state index contributed by atoms with van der Waals surface area (Å²) in [6, 6.07) is 5.56. The number of aromatic nitrogens is 2. The Balaban J connectivity index is 1.85. The molecule has 1 aromatic heterocycles. The normalized spacial score (nSPS) is 12.6. The molecule has 1 atom stereocenters. The number of hydrogen-bond donors (Lipinski definition) is 1. The molecule has 12 heteroatoms. The van der Waals surface area contributed by atoms with Gasteiger partial charge in [0.2, 0.25) is 11.9 Å². The standard InChI is InChI=1S/C17H17F3N4O5/c1-3-27-15(26)10(2)28-22-9-8-21-14(25)12-6-4-11(5-7-12)13-23-16(29-24-13)17(18,19)20/h4-7,9-10H,3,8H2,1-2H3,(H,21,25). The van der Waals surface area contributed by atoms with Crippen molar-refractivity contribution in [3.8, 4) is 11.4 Å². The van der Waals surface area contributed by atoms with Gasteiger partial charge in [0.05, 0.1) is 19.4 Å². The fourth-order valence-electron chi connectivity index (χ4n) is 1.94. The van der Waals surface area contributed by atoms with Gasteiger partial charge < -0.3 is 19.4 Å². The van der Waals surface area contributed by atoms with Crippen molar-refractivity contribution in [1.29, 1.82) is 0 Å². The van der Waals surface area contributed by atoms with Crippen molar-refractivity contribution in [2.75, 3.05) is 13.2 Å². The third-order valence-corrected chi connectivity index (χ3v) is 3.34. The number of nitrogens with zero attached hydrogens (tertiary/aromatic N) is 3. The molecule has 2 aromatic rings. The highest BCUT2D eigenvalue weighted by Crippen LogP contribution is 2.29. The number of ether oxygens (including phenoxy) is 1. The van der Waals surface area contributed by atoms with Crippen LogP contribution in [0.3, 0.4) is 0 Å². The molecule has 29 heavy (non-hydrogen) atoms. The number of hydrogen-bond acceptors (Lipinski definition) is 8. The van der Waals surface area contributed by atoms with Crippen molar-refractivity contribution in [2.45, 2.75) is 26.1 Å². The van der Waals surface area contributed by atoms with Gasteiger partial charge >= 0.3 is 18.0 Å². The van der Waals surface area contributed by atoms with Crippen molar-refractivity contribution < 1.29 is 36.9 Å². The van der Waals surface area contributed by atoms with Gasteiger partial charge in [0.1, 0.15) is 0 Å². The number of esters is 1.